The van der Waals surface area contributed by atoms with Crippen molar-refractivity contribution in [3.63, 3.8) is 0 Å². The first kappa shape index (κ1) is 12.8. The van der Waals surface area contributed by atoms with E-state index in [1.807, 2.05) is 12.1 Å². The molecule has 0 aromatic heterocycles. The molecule has 2 heterocycles. The highest BCUT2D eigenvalue weighted by atomic mass is 16.5. The normalized spacial score (nSPS) is 21.1. The number of nitrogens with zero attached hydrogens (tertiary/aromatic N) is 1. The van der Waals surface area contributed by atoms with Crippen molar-refractivity contribution in [2.75, 3.05) is 26.3 Å². The zero-order valence-corrected chi connectivity index (χ0v) is 11.2. The van der Waals surface area contributed by atoms with E-state index in [2.05, 4.69) is 11.0 Å². The molecule has 0 spiro atoms. The summed E-state index contributed by atoms with van der Waals surface area (Å²) in [4.78, 5) is 2.37. The van der Waals surface area contributed by atoms with Crippen LogP contribution in [-0.2, 0) is 6.54 Å². The number of likely N-dealkylation sites (tertiary alicyclic amines) is 1. The fourth-order valence-electron chi connectivity index (χ4n) is 2.70. The Morgan fingerprint density at radius 3 is 2.79 bits per heavy atom. The molecule has 0 amide bonds. The topological polar surface area (TPSA) is 41.9 Å². The lowest BCUT2D eigenvalue weighted by atomic mass is 10.1. The Balaban J connectivity index is 1.74. The first-order chi connectivity index (χ1) is 9.33. The van der Waals surface area contributed by atoms with Crippen molar-refractivity contribution in [1.29, 1.82) is 0 Å². The summed E-state index contributed by atoms with van der Waals surface area (Å²) in [6.45, 7) is 4.23. The van der Waals surface area contributed by atoms with E-state index in [1.165, 1.54) is 5.56 Å². The zero-order valence-electron chi connectivity index (χ0n) is 11.2. The number of rotatable bonds is 2. The molecule has 104 valence electrons. The maximum Gasteiger partial charge on any atom is 0.165 e. The molecule has 0 unspecified atom stereocenters. The monoisotopic (exact) mass is 263 g/mol. The highest BCUT2D eigenvalue weighted by Gasteiger charge is 2.20. The van der Waals surface area contributed by atoms with Gasteiger partial charge in [0.2, 0.25) is 0 Å². The molecule has 19 heavy (non-hydrogen) atoms. The van der Waals surface area contributed by atoms with Gasteiger partial charge in [-0.15, -0.1) is 0 Å². The summed E-state index contributed by atoms with van der Waals surface area (Å²) in [6.07, 6.45) is 2.55. The Hall–Kier alpha value is -1.26. The number of ether oxygens (including phenoxy) is 2. The largest absolute Gasteiger partial charge is 0.490 e. The SMILES string of the molecule is OC1CCN(Cc2cccc3c2OCCCO3)CC1. The van der Waals surface area contributed by atoms with E-state index in [0.717, 1.165) is 63.6 Å². The summed E-state index contributed by atoms with van der Waals surface area (Å²) in [5, 5.41) is 9.55. The van der Waals surface area contributed by atoms with Crippen molar-refractivity contribution >= 4 is 0 Å². The van der Waals surface area contributed by atoms with Crippen LogP contribution in [0.2, 0.25) is 0 Å². The maximum absolute atomic E-state index is 9.55. The molecule has 0 aliphatic carbocycles. The molecule has 0 saturated carbocycles. The van der Waals surface area contributed by atoms with Crippen LogP contribution >= 0.6 is 0 Å². The van der Waals surface area contributed by atoms with Crippen LogP contribution in [0.3, 0.4) is 0 Å². The molecule has 1 fully saturated rings. The van der Waals surface area contributed by atoms with E-state index in [0.29, 0.717) is 0 Å². The molecule has 1 aromatic rings. The summed E-state index contributed by atoms with van der Waals surface area (Å²) in [6, 6.07) is 6.12. The second-order valence-corrected chi connectivity index (χ2v) is 5.30. The number of aliphatic hydroxyl groups is 1. The van der Waals surface area contributed by atoms with E-state index >= 15 is 0 Å². The molecule has 4 heteroatoms. The minimum atomic E-state index is -0.122. The lowest BCUT2D eigenvalue weighted by molar-refractivity contribution is 0.0788. The number of hydrogen-bond acceptors (Lipinski definition) is 4. The highest BCUT2D eigenvalue weighted by Crippen LogP contribution is 2.34. The van der Waals surface area contributed by atoms with Gasteiger partial charge >= 0.3 is 0 Å². The first-order valence-corrected chi connectivity index (χ1v) is 7.11. The molecule has 0 bridgehead atoms. The Morgan fingerprint density at radius 1 is 1.16 bits per heavy atom. The van der Waals surface area contributed by atoms with Crippen molar-refractivity contribution < 1.29 is 14.6 Å². The van der Waals surface area contributed by atoms with Gasteiger partial charge in [0.1, 0.15) is 0 Å². The molecule has 3 rings (SSSR count). The lowest BCUT2D eigenvalue weighted by Gasteiger charge is -2.30. The Kier molecular flexibility index (Phi) is 3.89. The molecule has 1 N–H and O–H groups in total. The number of hydrogen-bond donors (Lipinski definition) is 1. The van der Waals surface area contributed by atoms with Gasteiger partial charge in [-0.25, -0.2) is 0 Å². The Bertz CT molecular complexity index is 427. The van der Waals surface area contributed by atoms with E-state index in [9.17, 15) is 5.11 Å². The van der Waals surface area contributed by atoms with Crippen LogP contribution in [0.1, 0.15) is 24.8 Å². The quantitative estimate of drug-likeness (QED) is 0.883. The van der Waals surface area contributed by atoms with Gasteiger partial charge in [0.25, 0.3) is 0 Å². The number of benzene rings is 1. The van der Waals surface area contributed by atoms with Crippen LogP contribution in [0, 0.1) is 0 Å². The van der Waals surface area contributed by atoms with Gasteiger partial charge in [0.05, 0.1) is 19.3 Å². The number of aliphatic hydroxyl groups excluding tert-OH is 1. The van der Waals surface area contributed by atoms with Gasteiger partial charge < -0.3 is 14.6 Å². The molecule has 2 aliphatic heterocycles. The third-order valence-corrected chi connectivity index (χ3v) is 3.80. The molecule has 4 nitrogen and oxygen atoms in total. The molecule has 1 saturated heterocycles. The molecular formula is C15H21NO3. The van der Waals surface area contributed by atoms with Crippen LogP contribution in [0.5, 0.6) is 11.5 Å². The van der Waals surface area contributed by atoms with Crippen LogP contribution in [0.25, 0.3) is 0 Å². The summed E-state index contributed by atoms with van der Waals surface area (Å²) < 4.78 is 11.6. The fourth-order valence-corrected chi connectivity index (χ4v) is 2.70. The average molecular weight is 263 g/mol. The van der Waals surface area contributed by atoms with Crippen LogP contribution < -0.4 is 9.47 Å². The molecule has 0 radical (unpaired) electrons. The highest BCUT2D eigenvalue weighted by molar-refractivity contribution is 5.47. The number of para-hydroxylation sites is 1. The molecular weight excluding hydrogens is 242 g/mol. The van der Waals surface area contributed by atoms with Crippen LogP contribution in [-0.4, -0.2) is 42.4 Å². The lowest BCUT2D eigenvalue weighted by Crippen LogP contribution is -2.35. The third kappa shape index (κ3) is 3.01. The van der Waals surface area contributed by atoms with Gasteiger partial charge in [-0.05, 0) is 18.9 Å². The van der Waals surface area contributed by atoms with Crippen LogP contribution in [0.4, 0.5) is 0 Å². The van der Waals surface area contributed by atoms with Crippen molar-refractivity contribution in [1.82, 2.24) is 4.90 Å². The smallest absolute Gasteiger partial charge is 0.165 e. The zero-order chi connectivity index (χ0) is 13.1. The second-order valence-electron chi connectivity index (χ2n) is 5.30. The average Bonchev–Trinajstić information content (AvgIpc) is 2.67. The Morgan fingerprint density at radius 2 is 1.95 bits per heavy atom. The van der Waals surface area contributed by atoms with Gasteiger partial charge in [-0.3, -0.25) is 4.90 Å². The molecule has 2 aliphatic rings. The van der Waals surface area contributed by atoms with E-state index in [4.69, 9.17) is 9.47 Å². The minimum absolute atomic E-state index is 0.122. The summed E-state index contributed by atoms with van der Waals surface area (Å²) >= 11 is 0. The Labute approximate surface area is 113 Å². The maximum atomic E-state index is 9.55. The number of piperidine rings is 1. The van der Waals surface area contributed by atoms with Crippen LogP contribution in [0.15, 0.2) is 18.2 Å². The molecule has 1 aromatic carbocycles. The third-order valence-electron chi connectivity index (χ3n) is 3.80. The summed E-state index contributed by atoms with van der Waals surface area (Å²) in [5.41, 5.74) is 1.19. The predicted octanol–water partition coefficient (Wildman–Crippen LogP) is 1.80. The van der Waals surface area contributed by atoms with Gasteiger partial charge in [-0.1, -0.05) is 12.1 Å². The van der Waals surface area contributed by atoms with Crippen molar-refractivity contribution in [3.8, 4) is 11.5 Å². The summed E-state index contributed by atoms with van der Waals surface area (Å²) in [5.74, 6) is 1.78. The fraction of sp³-hybridized carbons (Fsp3) is 0.600. The second kappa shape index (κ2) is 5.80. The first-order valence-electron chi connectivity index (χ1n) is 7.11. The van der Waals surface area contributed by atoms with E-state index < -0.39 is 0 Å². The van der Waals surface area contributed by atoms with Crippen molar-refractivity contribution in [2.45, 2.75) is 31.9 Å². The standard InChI is InChI=1S/C15H21NO3/c17-13-5-7-16(8-6-13)11-12-3-1-4-14-15(12)19-10-2-9-18-14/h1,3-4,13,17H,2,5-11H2. The van der Waals surface area contributed by atoms with Gasteiger partial charge in [-0.2, -0.15) is 0 Å². The van der Waals surface area contributed by atoms with E-state index in [1.54, 1.807) is 0 Å². The number of fused-ring (bicyclic) bond motifs is 1. The van der Waals surface area contributed by atoms with Gasteiger partial charge in [0.15, 0.2) is 11.5 Å². The predicted molar refractivity (Wildman–Crippen MR) is 72.6 cm³/mol. The van der Waals surface area contributed by atoms with Gasteiger partial charge in [0, 0.05) is 31.6 Å². The minimum Gasteiger partial charge on any atom is -0.490 e. The summed E-state index contributed by atoms with van der Waals surface area (Å²) in [7, 11) is 0. The van der Waals surface area contributed by atoms with Crippen molar-refractivity contribution in [2.24, 2.45) is 0 Å². The molecule has 0 atom stereocenters. The van der Waals surface area contributed by atoms with Crippen molar-refractivity contribution in [3.05, 3.63) is 23.8 Å². The van der Waals surface area contributed by atoms with E-state index in [-0.39, 0.29) is 6.10 Å².